The third-order valence-electron chi connectivity index (χ3n) is 0.578. The molecule has 0 atom stereocenters. The Morgan fingerprint density at radius 3 is 2.44 bits per heavy atom. The van der Waals surface area contributed by atoms with Gasteiger partial charge >= 0.3 is 5.97 Å². The summed E-state index contributed by atoms with van der Waals surface area (Å²) in [6.07, 6.45) is 0.257. The van der Waals surface area contributed by atoms with E-state index in [1.807, 2.05) is 0 Å². The van der Waals surface area contributed by atoms with Gasteiger partial charge in [0.25, 0.3) is 5.91 Å². The molecule has 0 N–H and O–H groups in total. The molecular weight excluding hydrogens is 122 g/mol. The van der Waals surface area contributed by atoms with Crippen molar-refractivity contribution in [3.05, 3.63) is 0 Å². The lowest BCUT2D eigenvalue weighted by molar-refractivity contribution is -0.157. The van der Waals surface area contributed by atoms with Crippen molar-refractivity contribution >= 4 is 11.9 Å². The predicted octanol–water partition coefficient (Wildman–Crippen LogP) is 0.00550. The number of rotatable bonds is 1. The summed E-state index contributed by atoms with van der Waals surface area (Å²) in [5, 5.41) is 0. The largest absolute Gasteiger partial charge is 0.332 e. The molecule has 0 heterocycles. The van der Waals surface area contributed by atoms with Gasteiger partial charge in [-0.3, -0.25) is 4.79 Å². The van der Waals surface area contributed by atoms with Crippen molar-refractivity contribution < 1.29 is 14.4 Å². The minimum Gasteiger partial charge on any atom is -0.315 e. The van der Waals surface area contributed by atoms with Crippen molar-refractivity contribution in [3.63, 3.8) is 0 Å². The van der Waals surface area contributed by atoms with E-state index in [2.05, 4.69) is 10.3 Å². The van der Waals surface area contributed by atoms with E-state index in [1.165, 1.54) is 6.92 Å². The third kappa shape index (κ3) is 4.80. The summed E-state index contributed by atoms with van der Waals surface area (Å²) in [7, 11) is 0. The highest BCUT2D eigenvalue weighted by Crippen LogP contribution is 1.78. The van der Waals surface area contributed by atoms with Crippen molar-refractivity contribution in [1.82, 2.24) is 5.48 Å². The molecule has 4 heteroatoms. The summed E-state index contributed by atoms with van der Waals surface area (Å²) in [6.45, 7) is 2.82. The van der Waals surface area contributed by atoms with Gasteiger partial charge in [0.1, 0.15) is 0 Å². The monoisotopic (exact) mass is 130 g/mol. The summed E-state index contributed by atoms with van der Waals surface area (Å²) in [6, 6.07) is 0. The molecular formula is C5H8NO3. The van der Waals surface area contributed by atoms with Gasteiger partial charge in [-0.15, -0.1) is 0 Å². The number of hydrogen-bond donors (Lipinski definition) is 0. The van der Waals surface area contributed by atoms with E-state index in [4.69, 9.17) is 0 Å². The molecule has 1 radical (unpaired) electrons. The first-order valence-electron chi connectivity index (χ1n) is 2.58. The summed E-state index contributed by atoms with van der Waals surface area (Å²) in [5.74, 6) is -0.998. The molecule has 0 saturated heterocycles. The lowest BCUT2D eigenvalue weighted by Gasteiger charge is -1.93. The number of carbonyl (C=O) groups is 2. The molecule has 0 aliphatic heterocycles. The number of nitrogens with zero attached hydrogens (tertiary/aromatic N) is 1. The number of amides is 1. The van der Waals surface area contributed by atoms with E-state index >= 15 is 0 Å². The van der Waals surface area contributed by atoms with Gasteiger partial charge in [-0.2, -0.15) is 0 Å². The van der Waals surface area contributed by atoms with Gasteiger partial charge < -0.3 is 4.84 Å². The molecule has 0 fully saturated rings. The van der Waals surface area contributed by atoms with Crippen LogP contribution in [-0.2, 0) is 14.4 Å². The molecule has 0 rings (SSSR count). The smallest absolute Gasteiger partial charge is 0.315 e. The maximum atomic E-state index is 10.3. The quantitative estimate of drug-likeness (QED) is 0.469. The van der Waals surface area contributed by atoms with Crippen molar-refractivity contribution in [2.24, 2.45) is 0 Å². The van der Waals surface area contributed by atoms with E-state index in [-0.39, 0.29) is 6.42 Å². The van der Waals surface area contributed by atoms with Crippen LogP contribution < -0.4 is 5.48 Å². The van der Waals surface area contributed by atoms with Gasteiger partial charge in [-0.05, 0) is 5.48 Å². The maximum absolute atomic E-state index is 10.3. The first-order chi connectivity index (χ1) is 4.16. The predicted molar refractivity (Wildman–Crippen MR) is 29.2 cm³/mol. The van der Waals surface area contributed by atoms with Gasteiger partial charge in [-0.25, -0.2) is 4.79 Å². The minimum absolute atomic E-state index is 0.257. The molecule has 1 amide bonds. The van der Waals surface area contributed by atoms with Crippen LogP contribution in [0.15, 0.2) is 0 Å². The van der Waals surface area contributed by atoms with Crippen LogP contribution in [0.1, 0.15) is 20.3 Å². The van der Waals surface area contributed by atoms with Crippen LogP contribution in [0, 0.1) is 0 Å². The van der Waals surface area contributed by atoms with Crippen LogP contribution >= 0.6 is 0 Å². The molecule has 0 unspecified atom stereocenters. The molecule has 0 aromatic carbocycles. The Hall–Kier alpha value is -1.06. The van der Waals surface area contributed by atoms with Crippen molar-refractivity contribution in [2.45, 2.75) is 20.3 Å². The zero-order valence-corrected chi connectivity index (χ0v) is 5.38. The normalized spacial score (nSPS) is 8.22. The van der Waals surface area contributed by atoms with Gasteiger partial charge in [0.15, 0.2) is 0 Å². The van der Waals surface area contributed by atoms with Crippen molar-refractivity contribution in [1.29, 1.82) is 0 Å². The zero-order chi connectivity index (χ0) is 7.28. The minimum atomic E-state index is -0.572. The fourth-order valence-electron chi connectivity index (χ4n) is 0.180. The fourth-order valence-corrected chi connectivity index (χ4v) is 0.180. The van der Waals surface area contributed by atoms with Crippen LogP contribution in [0.3, 0.4) is 0 Å². The Balaban J connectivity index is 3.28. The van der Waals surface area contributed by atoms with Crippen LogP contribution in [-0.4, -0.2) is 11.9 Å². The van der Waals surface area contributed by atoms with Gasteiger partial charge in [0, 0.05) is 13.3 Å². The van der Waals surface area contributed by atoms with E-state index in [1.54, 1.807) is 6.92 Å². The van der Waals surface area contributed by atoms with Crippen molar-refractivity contribution in [2.75, 3.05) is 0 Å². The Morgan fingerprint density at radius 2 is 2.11 bits per heavy atom. The molecule has 51 valence electrons. The second kappa shape index (κ2) is 3.88. The van der Waals surface area contributed by atoms with Gasteiger partial charge in [0.05, 0.1) is 0 Å². The molecule has 0 aliphatic carbocycles. The molecule has 4 nitrogen and oxygen atoms in total. The number of carbonyl (C=O) groups excluding carboxylic acids is 2. The van der Waals surface area contributed by atoms with Crippen LogP contribution in [0.5, 0.6) is 0 Å². The van der Waals surface area contributed by atoms with Gasteiger partial charge in [-0.1, -0.05) is 6.92 Å². The highest BCUT2D eigenvalue weighted by atomic mass is 16.7. The van der Waals surface area contributed by atoms with E-state index in [0.29, 0.717) is 0 Å². The summed E-state index contributed by atoms with van der Waals surface area (Å²) in [5.41, 5.74) is 2.95. The molecule has 0 saturated carbocycles. The third-order valence-corrected chi connectivity index (χ3v) is 0.578. The Labute approximate surface area is 53.1 Å². The average Bonchev–Trinajstić information content (AvgIpc) is 1.83. The standard InChI is InChI=1S/C5H8NO3/c1-3-5(8)6-9-4(2)7/h3H2,1-2H3. The lowest BCUT2D eigenvalue weighted by atomic mass is 10.5. The SMILES string of the molecule is CCC(=O)[N]OC(C)=O. The Bertz CT molecular complexity index is 121. The van der Waals surface area contributed by atoms with Crippen LogP contribution in [0.25, 0.3) is 0 Å². The van der Waals surface area contributed by atoms with Crippen molar-refractivity contribution in [3.8, 4) is 0 Å². The highest BCUT2D eigenvalue weighted by molar-refractivity contribution is 5.76. The van der Waals surface area contributed by atoms with Crippen LogP contribution in [0.2, 0.25) is 0 Å². The first-order valence-corrected chi connectivity index (χ1v) is 2.58. The number of hydroxylamine groups is 1. The molecule has 0 spiro atoms. The summed E-state index contributed by atoms with van der Waals surface area (Å²) >= 11 is 0. The first kappa shape index (κ1) is 7.94. The average molecular weight is 130 g/mol. The van der Waals surface area contributed by atoms with Gasteiger partial charge in [0.2, 0.25) is 0 Å². The molecule has 0 aromatic heterocycles. The van der Waals surface area contributed by atoms with E-state index in [9.17, 15) is 9.59 Å². The molecule has 0 aliphatic rings. The highest BCUT2D eigenvalue weighted by Gasteiger charge is 2.00. The zero-order valence-electron chi connectivity index (χ0n) is 5.38. The fraction of sp³-hybridized carbons (Fsp3) is 0.600. The Morgan fingerprint density at radius 1 is 1.56 bits per heavy atom. The Kier molecular flexibility index (Phi) is 3.43. The second-order valence-corrected chi connectivity index (χ2v) is 1.42. The second-order valence-electron chi connectivity index (χ2n) is 1.42. The molecule has 9 heavy (non-hydrogen) atoms. The summed E-state index contributed by atoms with van der Waals surface area (Å²) in [4.78, 5) is 24.3. The molecule has 0 bridgehead atoms. The maximum Gasteiger partial charge on any atom is 0.332 e. The summed E-state index contributed by atoms with van der Waals surface area (Å²) < 4.78 is 0. The van der Waals surface area contributed by atoms with Crippen LogP contribution in [0.4, 0.5) is 0 Å². The molecule has 0 aromatic rings. The topological polar surface area (TPSA) is 57.5 Å². The van der Waals surface area contributed by atoms with E-state index in [0.717, 1.165) is 0 Å². The number of hydrogen-bond acceptors (Lipinski definition) is 3. The lowest BCUT2D eigenvalue weighted by Crippen LogP contribution is -2.17. The van der Waals surface area contributed by atoms with E-state index < -0.39 is 11.9 Å².